The number of nitrogens with one attached hydrogen (secondary N) is 2. The second-order valence-corrected chi connectivity index (χ2v) is 8.97. The molecule has 2 aromatic rings. The number of thioether (sulfide) groups is 1. The van der Waals surface area contributed by atoms with Crippen LogP contribution in [0, 0.1) is 0 Å². The standard InChI is InChI=1S/C27H38N2O3S/c1-4-6-8-9-10-11-19-32-23-15-12-21(13-16-23)27(31)29-24-20-22(14-17-25(24)33-3)26(30)28-18-7-5-2/h12-17,20H,4-11,18-19H2,1-3H3,(H,28,30)(H,29,31). The van der Waals surface area contributed by atoms with Gasteiger partial charge in [0.2, 0.25) is 0 Å². The Balaban J connectivity index is 1.91. The molecule has 0 aliphatic heterocycles. The lowest BCUT2D eigenvalue weighted by atomic mass is 10.1. The predicted octanol–water partition coefficient (Wildman–Crippen LogP) is 6.93. The van der Waals surface area contributed by atoms with E-state index in [4.69, 9.17) is 4.74 Å². The maximum Gasteiger partial charge on any atom is 0.255 e. The molecule has 0 bridgehead atoms. The third kappa shape index (κ3) is 9.50. The number of anilines is 1. The summed E-state index contributed by atoms with van der Waals surface area (Å²) in [6, 6.07) is 12.6. The van der Waals surface area contributed by atoms with Gasteiger partial charge in [-0.1, -0.05) is 52.4 Å². The number of hydrogen-bond donors (Lipinski definition) is 2. The largest absolute Gasteiger partial charge is 0.494 e. The van der Waals surface area contributed by atoms with Crippen LogP contribution in [-0.2, 0) is 0 Å². The molecule has 0 saturated carbocycles. The van der Waals surface area contributed by atoms with Crippen molar-refractivity contribution in [3.8, 4) is 5.75 Å². The van der Waals surface area contributed by atoms with Gasteiger partial charge in [0.05, 0.1) is 12.3 Å². The Bertz CT molecular complexity index is 868. The molecule has 0 heterocycles. The molecule has 0 aromatic heterocycles. The van der Waals surface area contributed by atoms with Crippen molar-refractivity contribution in [3.05, 3.63) is 53.6 Å². The molecular formula is C27H38N2O3S. The predicted molar refractivity (Wildman–Crippen MR) is 139 cm³/mol. The van der Waals surface area contributed by atoms with Gasteiger partial charge in [0, 0.05) is 22.6 Å². The Morgan fingerprint density at radius 2 is 1.48 bits per heavy atom. The summed E-state index contributed by atoms with van der Waals surface area (Å²) < 4.78 is 5.80. The van der Waals surface area contributed by atoms with Crippen LogP contribution in [0.4, 0.5) is 5.69 Å². The highest BCUT2D eigenvalue weighted by atomic mass is 32.2. The fourth-order valence-corrected chi connectivity index (χ4v) is 3.93. The molecule has 2 N–H and O–H groups in total. The van der Waals surface area contributed by atoms with E-state index in [1.54, 1.807) is 24.3 Å². The zero-order valence-electron chi connectivity index (χ0n) is 20.2. The van der Waals surface area contributed by atoms with Crippen molar-refractivity contribution in [2.24, 2.45) is 0 Å². The highest BCUT2D eigenvalue weighted by molar-refractivity contribution is 7.98. The van der Waals surface area contributed by atoms with E-state index < -0.39 is 0 Å². The molecule has 0 atom stereocenters. The molecule has 0 fully saturated rings. The molecule has 2 amide bonds. The monoisotopic (exact) mass is 470 g/mol. The summed E-state index contributed by atoms with van der Waals surface area (Å²) in [5.41, 5.74) is 1.73. The molecule has 6 heteroatoms. The van der Waals surface area contributed by atoms with Gasteiger partial charge in [-0.05, 0) is 61.6 Å². The van der Waals surface area contributed by atoms with Crippen molar-refractivity contribution in [3.63, 3.8) is 0 Å². The summed E-state index contributed by atoms with van der Waals surface area (Å²) in [5, 5.41) is 5.87. The van der Waals surface area contributed by atoms with Crippen molar-refractivity contribution in [2.75, 3.05) is 24.7 Å². The summed E-state index contributed by atoms with van der Waals surface area (Å²) in [6.45, 7) is 5.65. The number of carbonyl (C=O) groups is 2. The highest BCUT2D eigenvalue weighted by Crippen LogP contribution is 2.27. The molecule has 0 aliphatic carbocycles. The molecule has 180 valence electrons. The van der Waals surface area contributed by atoms with E-state index in [9.17, 15) is 9.59 Å². The number of carbonyl (C=O) groups excluding carboxylic acids is 2. The molecule has 0 unspecified atom stereocenters. The maximum absolute atomic E-state index is 12.8. The highest BCUT2D eigenvalue weighted by Gasteiger charge is 2.13. The summed E-state index contributed by atoms with van der Waals surface area (Å²) >= 11 is 1.53. The van der Waals surface area contributed by atoms with Gasteiger partial charge in [-0.25, -0.2) is 0 Å². The van der Waals surface area contributed by atoms with Crippen LogP contribution in [-0.4, -0.2) is 31.2 Å². The first-order valence-electron chi connectivity index (χ1n) is 12.1. The minimum absolute atomic E-state index is 0.126. The summed E-state index contributed by atoms with van der Waals surface area (Å²) in [5.74, 6) is 0.436. The van der Waals surface area contributed by atoms with Crippen LogP contribution in [0.15, 0.2) is 47.4 Å². The van der Waals surface area contributed by atoms with Gasteiger partial charge in [0.25, 0.3) is 11.8 Å². The van der Waals surface area contributed by atoms with Gasteiger partial charge in [-0.3, -0.25) is 9.59 Å². The number of rotatable bonds is 15. The van der Waals surface area contributed by atoms with E-state index >= 15 is 0 Å². The average molecular weight is 471 g/mol. The van der Waals surface area contributed by atoms with E-state index in [-0.39, 0.29) is 11.8 Å². The number of unbranched alkanes of at least 4 members (excludes halogenated alkanes) is 6. The van der Waals surface area contributed by atoms with Gasteiger partial charge in [-0.15, -0.1) is 11.8 Å². The summed E-state index contributed by atoms with van der Waals surface area (Å²) in [6.07, 6.45) is 11.3. The van der Waals surface area contributed by atoms with Crippen LogP contribution in [0.3, 0.4) is 0 Å². The maximum atomic E-state index is 12.8. The zero-order valence-corrected chi connectivity index (χ0v) is 21.1. The minimum Gasteiger partial charge on any atom is -0.494 e. The molecule has 0 radical (unpaired) electrons. The second-order valence-electron chi connectivity index (χ2n) is 8.12. The molecule has 0 spiro atoms. The molecule has 2 aromatic carbocycles. The van der Waals surface area contributed by atoms with Crippen molar-refractivity contribution >= 4 is 29.3 Å². The van der Waals surface area contributed by atoms with Gasteiger partial charge in [0.15, 0.2) is 0 Å². The zero-order chi connectivity index (χ0) is 23.9. The minimum atomic E-state index is -0.212. The van der Waals surface area contributed by atoms with Crippen molar-refractivity contribution in [1.29, 1.82) is 0 Å². The molecular weight excluding hydrogens is 432 g/mol. The van der Waals surface area contributed by atoms with Gasteiger partial charge in [0.1, 0.15) is 5.75 Å². The van der Waals surface area contributed by atoms with Crippen molar-refractivity contribution < 1.29 is 14.3 Å². The first-order valence-corrected chi connectivity index (χ1v) is 13.3. The Kier molecular flexibility index (Phi) is 12.5. The normalized spacial score (nSPS) is 10.6. The van der Waals surface area contributed by atoms with Crippen LogP contribution in [0.5, 0.6) is 5.75 Å². The summed E-state index contributed by atoms with van der Waals surface area (Å²) in [7, 11) is 0. The molecule has 0 saturated heterocycles. The first-order chi connectivity index (χ1) is 16.1. The second kappa shape index (κ2) is 15.4. The Morgan fingerprint density at radius 1 is 0.818 bits per heavy atom. The van der Waals surface area contributed by atoms with Crippen LogP contribution in [0.2, 0.25) is 0 Å². The SMILES string of the molecule is CCCCCCCCOc1ccc(C(=O)Nc2cc(C(=O)NCCCC)ccc2SC)cc1. The van der Waals surface area contributed by atoms with Crippen LogP contribution >= 0.6 is 11.8 Å². The number of ether oxygens (including phenoxy) is 1. The van der Waals surface area contributed by atoms with Gasteiger partial charge in [-0.2, -0.15) is 0 Å². The first kappa shape index (κ1) is 26.8. The quantitative estimate of drug-likeness (QED) is 0.219. The lowest BCUT2D eigenvalue weighted by molar-refractivity contribution is 0.0951. The van der Waals surface area contributed by atoms with E-state index in [1.807, 2.05) is 24.5 Å². The van der Waals surface area contributed by atoms with E-state index in [1.165, 1.54) is 43.9 Å². The van der Waals surface area contributed by atoms with Crippen molar-refractivity contribution in [1.82, 2.24) is 5.32 Å². The van der Waals surface area contributed by atoms with E-state index in [2.05, 4.69) is 24.5 Å². The average Bonchev–Trinajstić information content (AvgIpc) is 2.84. The molecule has 2 rings (SSSR count). The number of hydrogen-bond acceptors (Lipinski definition) is 4. The topological polar surface area (TPSA) is 67.4 Å². The lowest BCUT2D eigenvalue weighted by Crippen LogP contribution is -2.24. The Morgan fingerprint density at radius 3 is 2.18 bits per heavy atom. The smallest absolute Gasteiger partial charge is 0.255 e. The fraction of sp³-hybridized carbons (Fsp3) is 0.481. The molecule has 0 aliphatic rings. The lowest BCUT2D eigenvalue weighted by Gasteiger charge is -2.12. The third-order valence-corrected chi connectivity index (χ3v) is 6.20. The summed E-state index contributed by atoms with van der Waals surface area (Å²) in [4.78, 5) is 26.1. The van der Waals surface area contributed by atoms with E-state index in [0.29, 0.717) is 30.0 Å². The van der Waals surface area contributed by atoms with Gasteiger partial charge >= 0.3 is 0 Å². The fourth-order valence-electron chi connectivity index (χ4n) is 3.40. The van der Waals surface area contributed by atoms with Crippen LogP contribution < -0.4 is 15.4 Å². The number of benzene rings is 2. The van der Waals surface area contributed by atoms with Crippen LogP contribution in [0.1, 0.15) is 85.9 Å². The van der Waals surface area contributed by atoms with Crippen LogP contribution in [0.25, 0.3) is 0 Å². The third-order valence-electron chi connectivity index (χ3n) is 5.41. The Labute approximate surface area is 203 Å². The molecule has 33 heavy (non-hydrogen) atoms. The van der Waals surface area contributed by atoms with E-state index in [0.717, 1.165) is 29.9 Å². The van der Waals surface area contributed by atoms with Gasteiger partial charge < -0.3 is 15.4 Å². The number of amides is 2. The van der Waals surface area contributed by atoms with Crippen molar-refractivity contribution in [2.45, 2.75) is 70.1 Å². The molecule has 5 nitrogen and oxygen atoms in total. The Hall–Kier alpha value is -2.47.